The molecule has 0 aliphatic heterocycles. The van der Waals surface area contributed by atoms with E-state index in [0.29, 0.717) is 31.3 Å². The lowest BCUT2D eigenvalue weighted by molar-refractivity contribution is 0.302. The van der Waals surface area contributed by atoms with Crippen LogP contribution < -0.4 is 19.8 Å². The van der Waals surface area contributed by atoms with Gasteiger partial charge in [-0.15, -0.1) is 0 Å². The van der Waals surface area contributed by atoms with Crippen molar-refractivity contribution >= 4 is 10.9 Å². The number of aryl methyl sites for hydroxylation is 1. The molecule has 0 amide bonds. The van der Waals surface area contributed by atoms with Crippen molar-refractivity contribution in [3.63, 3.8) is 0 Å². The summed E-state index contributed by atoms with van der Waals surface area (Å²) in [4.78, 5) is 13.8. The number of nitrogens with zero attached hydrogens (tertiary/aromatic N) is 1. The molecule has 0 fully saturated rings. The van der Waals surface area contributed by atoms with Crippen LogP contribution in [0.25, 0.3) is 10.9 Å². The predicted octanol–water partition coefficient (Wildman–Crippen LogP) is 8.80. The standard InChI is InChI=1S/C35H45NO4/c1-6-8-9-13-22-36-32-25-30(40-26-29-17-11-10-12-18-29)19-20-31(32)33(34(35(36)37)38-23-7-2)39-24-21-28(5)16-14-15-27(3)4/h7,10-12,15,17-21,25H,2,6,8-9,13-14,16,22-24,26H2,1,3-5H3/b28-21+. The Hall–Kier alpha value is -3.73. The van der Waals surface area contributed by atoms with Gasteiger partial charge in [-0.1, -0.05) is 86.4 Å². The van der Waals surface area contributed by atoms with E-state index in [2.05, 4.69) is 46.4 Å². The van der Waals surface area contributed by atoms with Crippen LogP contribution in [0.15, 0.2) is 89.3 Å². The second-order valence-electron chi connectivity index (χ2n) is 10.4. The smallest absolute Gasteiger partial charge is 0.297 e. The number of aromatic nitrogens is 1. The maximum absolute atomic E-state index is 13.8. The number of pyridine rings is 1. The third-order valence-electron chi connectivity index (χ3n) is 6.73. The maximum atomic E-state index is 13.8. The van der Waals surface area contributed by atoms with Crippen molar-refractivity contribution < 1.29 is 14.2 Å². The van der Waals surface area contributed by atoms with Gasteiger partial charge < -0.3 is 18.8 Å². The lowest BCUT2D eigenvalue weighted by atomic mass is 10.1. The fraction of sp³-hybridized carbons (Fsp3) is 0.400. The van der Waals surface area contributed by atoms with E-state index < -0.39 is 0 Å². The van der Waals surface area contributed by atoms with Crippen LogP contribution in [0, 0.1) is 0 Å². The van der Waals surface area contributed by atoms with E-state index in [0.717, 1.165) is 55.0 Å². The molecule has 0 saturated heterocycles. The van der Waals surface area contributed by atoms with Gasteiger partial charge in [-0.3, -0.25) is 4.79 Å². The molecule has 3 rings (SSSR count). The molecule has 5 heteroatoms. The van der Waals surface area contributed by atoms with E-state index in [1.807, 2.05) is 53.1 Å². The maximum Gasteiger partial charge on any atom is 0.297 e. The first-order chi connectivity index (χ1) is 19.4. The summed E-state index contributed by atoms with van der Waals surface area (Å²) in [6.45, 7) is 13.9. The summed E-state index contributed by atoms with van der Waals surface area (Å²) >= 11 is 0. The van der Waals surface area contributed by atoms with Crippen molar-refractivity contribution in [1.82, 2.24) is 4.57 Å². The summed E-state index contributed by atoms with van der Waals surface area (Å²) in [6.07, 6.45) is 12.2. The molecule has 2 aromatic carbocycles. The van der Waals surface area contributed by atoms with E-state index in [9.17, 15) is 4.79 Å². The highest BCUT2D eigenvalue weighted by atomic mass is 16.5. The van der Waals surface area contributed by atoms with Gasteiger partial charge in [-0.25, -0.2) is 0 Å². The molecule has 0 unspecified atom stereocenters. The van der Waals surface area contributed by atoms with Crippen molar-refractivity contribution in [2.75, 3.05) is 13.2 Å². The van der Waals surface area contributed by atoms with Crippen molar-refractivity contribution in [3.05, 3.63) is 100 Å². The summed E-state index contributed by atoms with van der Waals surface area (Å²) in [5, 5.41) is 0.830. The Morgan fingerprint density at radius 2 is 1.68 bits per heavy atom. The third kappa shape index (κ3) is 9.18. The largest absolute Gasteiger partial charge is 0.489 e. The molecule has 0 atom stereocenters. The molecule has 1 aromatic heterocycles. The van der Waals surface area contributed by atoms with E-state index in [-0.39, 0.29) is 17.9 Å². The Kier molecular flexibility index (Phi) is 12.6. The number of fused-ring (bicyclic) bond motifs is 1. The molecular formula is C35H45NO4. The van der Waals surface area contributed by atoms with Gasteiger partial charge in [-0.2, -0.15) is 0 Å². The number of allylic oxidation sites excluding steroid dienone is 3. The van der Waals surface area contributed by atoms with Crippen LogP contribution in [0.2, 0.25) is 0 Å². The first-order valence-electron chi connectivity index (χ1n) is 14.5. The lowest BCUT2D eigenvalue weighted by Gasteiger charge is -2.19. The van der Waals surface area contributed by atoms with Gasteiger partial charge in [0, 0.05) is 18.0 Å². The molecule has 5 nitrogen and oxygen atoms in total. The highest BCUT2D eigenvalue weighted by Crippen LogP contribution is 2.35. The highest BCUT2D eigenvalue weighted by Gasteiger charge is 2.20. The van der Waals surface area contributed by atoms with Crippen LogP contribution in [0.1, 0.15) is 71.8 Å². The molecular weight excluding hydrogens is 498 g/mol. The molecule has 0 radical (unpaired) electrons. The van der Waals surface area contributed by atoms with E-state index in [1.165, 1.54) is 11.1 Å². The van der Waals surface area contributed by atoms with Gasteiger partial charge in [0.2, 0.25) is 5.75 Å². The van der Waals surface area contributed by atoms with Gasteiger partial charge >= 0.3 is 0 Å². The topological polar surface area (TPSA) is 49.7 Å². The fourth-order valence-electron chi connectivity index (χ4n) is 4.50. The van der Waals surface area contributed by atoms with Gasteiger partial charge in [0.15, 0.2) is 5.75 Å². The van der Waals surface area contributed by atoms with E-state index in [1.54, 1.807) is 6.08 Å². The van der Waals surface area contributed by atoms with Crippen molar-refractivity contribution in [1.29, 1.82) is 0 Å². The van der Waals surface area contributed by atoms with Crippen LogP contribution in [0.4, 0.5) is 0 Å². The quantitative estimate of drug-likeness (QED) is 0.126. The third-order valence-corrected chi connectivity index (χ3v) is 6.73. The summed E-state index contributed by atoms with van der Waals surface area (Å²) in [6, 6.07) is 15.9. The Morgan fingerprint density at radius 3 is 2.40 bits per heavy atom. The van der Waals surface area contributed by atoms with Gasteiger partial charge in [0.25, 0.3) is 5.56 Å². The monoisotopic (exact) mass is 543 g/mol. The van der Waals surface area contributed by atoms with Crippen LogP contribution in [-0.4, -0.2) is 17.8 Å². The van der Waals surface area contributed by atoms with Gasteiger partial charge in [0.1, 0.15) is 25.6 Å². The summed E-state index contributed by atoms with van der Waals surface area (Å²) in [5.41, 5.74) is 4.25. The van der Waals surface area contributed by atoms with Gasteiger partial charge in [0.05, 0.1) is 5.52 Å². The lowest BCUT2D eigenvalue weighted by Crippen LogP contribution is -2.24. The molecule has 0 N–H and O–H groups in total. The summed E-state index contributed by atoms with van der Waals surface area (Å²) in [7, 11) is 0. The zero-order chi connectivity index (χ0) is 28.7. The van der Waals surface area contributed by atoms with Gasteiger partial charge in [-0.05, 0) is 63.8 Å². The normalized spacial score (nSPS) is 11.3. The minimum Gasteiger partial charge on any atom is -0.489 e. The second-order valence-corrected chi connectivity index (χ2v) is 10.4. The molecule has 214 valence electrons. The predicted molar refractivity (Wildman–Crippen MR) is 167 cm³/mol. The summed E-state index contributed by atoms with van der Waals surface area (Å²) in [5.74, 6) is 1.41. The van der Waals surface area contributed by atoms with Crippen LogP contribution >= 0.6 is 0 Å². The number of rotatable bonds is 17. The average molecular weight is 544 g/mol. The molecule has 0 saturated carbocycles. The SMILES string of the molecule is C=CCOc1c(OC/C=C(\C)CCC=C(C)C)c2ccc(OCc3ccccc3)cc2n(CCCCCC)c1=O. The zero-order valence-electron chi connectivity index (χ0n) is 24.7. The average Bonchev–Trinajstić information content (AvgIpc) is 2.95. The second kappa shape index (κ2) is 16.4. The number of unbranched alkanes of at least 4 members (excludes halogenated alkanes) is 3. The van der Waals surface area contributed by atoms with Crippen molar-refractivity contribution in [2.24, 2.45) is 0 Å². The Bertz CT molecular complexity index is 1350. The molecule has 0 bridgehead atoms. The minimum absolute atomic E-state index is 0.190. The Morgan fingerprint density at radius 1 is 0.900 bits per heavy atom. The van der Waals surface area contributed by atoms with Crippen LogP contribution in [0.5, 0.6) is 17.2 Å². The molecule has 3 aromatic rings. The molecule has 40 heavy (non-hydrogen) atoms. The highest BCUT2D eigenvalue weighted by molar-refractivity contribution is 5.89. The molecule has 0 aliphatic carbocycles. The Labute approximate surface area is 239 Å². The molecule has 0 aliphatic rings. The first-order valence-corrected chi connectivity index (χ1v) is 14.5. The first kappa shape index (κ1) is 30.8. The molecule has 0 spiro atoms. The summed E-state index contributed by atoms with van der Waals surface area (Å²) < 4.78 is 20.2. The number of hydrogen-bond donors (Lipinski definition) is 0. The van der Waals surface area contributed by atoms with Crippen LogP contribution in [0.3, 0.4) is 0 Å². The number of ether oxygens (including phenoxy) is 3. The van der Waals surface area contributed by atoms with E-state index in [4.69, 9.17) is 14.2 Å². The van der Waals surface area contributed by atoms with Crippen LogP contribution in [-0.2, 0) is 13.2 Å². The van der Waals surface area contributed by atoms with Crippen molar-refractivity contribution in [3.8, 4) is 17.2 Å². The van der Waals surface area contributed by atoms with E-state index >= 15 is 0 Å². The minimum atomic E-state index is -0.190. The zero-order valence-corrected chi connectivity index (χ0v) is 24.7. The molecule has 1 heterocycles. The Balaban J connectivity index is 1.98. The fourth-order valence-corrected chi connectivity index (χ4v) is 4.50. The number of hydrogen-bond acceptors (Lipinski definition) is 4. The number of benzene rings is 2. The van der Waals surface area contributed by atoms with Crippen molar-refractivity contribution in [2.45, 2.75) is 79.4 Å².